The predicted octanol–water partition coefficient (Wildman–Crippen LogP) is 6.99. The van der Waals surface area contributed by atoms with E-state index in [0.717, 1.165) is 16.9 Å². The standard InChI is InChI=1S/C36H37N5O3/c1-22-19-27(20-23(2)34(22)43)35-38-32(30-18-17-29(40(6)7)21-31(30)37-24(3)42)33(25-13-15-28(16-14-25)39(4)5)41(35)36(44)26-11-9-8-10-12-26/h8-21,43H,1-7H3,(H,37,42). The monoisotopic (exact) mass is 587 g/mol. The second-order valence-electron chi connectivity index (χ2n) is 11.3. The molecule has 5 rings (SSSR count). The fraction of sp³-hybridized carbons (Fsp3) is 0.194. The van der Waals surface area contributed by atoms with Crippen LogP contribution in [-0.4, -0.2) is 54.7 Å². The highest BCUT2D eigenvalue weighted by Crippen LogP contribution is 2.42. The maximum absolute atomic E-state index is 14.5. The van der Waals surface area contributed by atoms with E-state index in [-0.39, 0.29) is 17.6 Å². The van der Waals surface area contributed by atoms with Crippen LogP contribution in [-0.2, 0) is 4.79 Å². The van der Waals surface area contributed by atoms with Crippen LogP contribution in [0.15, 0.2) is 84.9 Å². The summed E-state index contributed by atoms with van der Waals surface area (Å²) in [6, 6.07) is 26.5. The Labute approximate surface area is 258 Å². The van der Waals surface area contributed by atoms with Gasteiger partial charge in [0.1, 0.15) is 11.6 Å². The van der Waals surface area contributed by atoms with Crippen LogP contribution in [0.1, 0.15) is 28.4 Å². The maximum Gasteiger partial charge on any atom is 0.264 e. The largest absolute Gasteiger partial charge is 0.507 e. The number of nitrogens with zero attached hydrogens (tertiary/aromatic N) is 4. The molecule has 0 fully saturated rings. The minimum atomic E-state index is -0.250. The van der Waals surface area contributed by atoms with E-state index in [9.17, 15) is 14.7 Å². The number of aromatic hydroxyl groups is 1. The molecule has 1 aromatic heterocycles. The topological polar surface area (TPSA) is 90.7 Å². The first-order chi connectivity index (χ1) is 21.0. The number of hydrogen-bond acceptors (Lipinski definition) is 6. The molecule has 4 aromatic carbocycles. The van der Waals surface area contributed by atoms with E-state index < -0.39 is 0 Å². The summed E-state index contributed by atoms with van der Waals surface area (Å²) in [5.74, 6) is 0.162. The molecule has 0 saturated heterocycles. The molecule has 224 valence electrons. The third-order valence-corrected chi connectivity index (χ3v) is 7.59. The van der Waals surface area contributed by atoms with Crippen molar-refractivity contribution >= 4 is 28.9 Å². The molecule has 2 N–H and O–H groups in total. The smallest absolute Gasteiger partial charge is 0.264 e. The number of hydrogen-bond donors (Lipinski definition) is 2. The quantitative estimate of drug-likeness (QED) is 0.213. The van der Waals surface area contributed by atoms with Gasteiger partial charge in [0, 0.05) is 68.7 Å². The third kappa shape index (κ3) is 5.79. The molecule has 1 amide bonds. The first-order valence-electron chi connectivity index (χ1n) is 14.4. The Hall–Kier alpha value is -5.37. The molecule has 0 aliphatic rings. The third-order valence-electron chi connectivity index (χ3n) is 7.59. The fourth-order valence-electron chi connectivity index (χ4n) is 5.29. The number of amides is 1. The number of imidazole rings is 1. The molecular weight excluding hydrogens is 550 g/mol. The van der Waals surface area contributed by atoms with E-state index >= 15 is 0 Å². The number of carbonyl (C=O) groups excluding carboxylic acids is 2. The normalized spacial score (nSPS) is 10.9. The van der Waals surface area contributed by atoms with Crippen molar-refractivity contribution in [3.05, 3.63) is 102 Å². The summed E-state index contributed by atoms with van der Waals surface area (Å²) in [7, 11) is 7.82. The summed E-state index contributed by atoms with van der Waals surface area (Å²) in [5, 5.41) is 13.6. The highest BCUT2D eigenvalue weighted by molar-refractivity contribution is 6.05. The van der Waals surface area contributed by atoms with Gasteiger partial charge in [-0.2, -0.15) is 0 Å². The number of carbonyl (C=O) groups is 2. The molecule has 1 heterocycles. The molecule has 0 atom stereocenters. The van der Waals surface area contributed by atoms with Crippen molar-refractivity contribution in [2.24, 2.45) is 0 Å². The molecule has 5 aromatic rings. The van der Waals surface area contributed by atoms with Crippen molar-refractivity contribution in [1.82, 2.24) is 9.55 Å². The van der Waals surface area contributed by atoms with E-state index in [1.807, 2.05) is 125 Å². The van der Waals surface area contributed by atoms with Crippen LogP contribution < -0.4 is 15.1 Å². The SMILES string of the molecule is CC(=O)Nc1cc(N(C)C)ccc1-c1nc(-c2cc(C)c(O)c(C)c2)n(C(=O)c2ccccc2)c1-c1ccc(N(C)C)cc1. The van der Waals surface area contributed by atoms with Gasteiger partial charge in [0.15, 0.2) is 0 Å². The van der Waals surface area contributed by atoms with Crippen molar-refractivity contribution in [1.29, 1.82) is 0 Å². The summed E-state index contributed by atoms with van der Waals surface area (Å²) in [6.45, 7) is 5.13. The lowest BCUT2D eigenvalue weighted by Crippen LogP contribution is -2.15. The molecule has 0 radical (unpaired) electrons. The summed E-state index contributed by atoms with van der Waals surface area (Å²) >= 11 is 0. The van der Waals surface area contributed by atoms with Gasteiger partial charge < -0.3 is 20.2 Å². The molecule has 0 unspecified atom stereocenters. The van der Waals surface area contributed by atoms with Gasteiger partial charge in [-0.25, -0.2) is 4.98 Å². The molecule has 0 saturated carbocycles. The van der Waals surface area contributed by atoms with Crippen molar-refractivity contribution in [3.63, 3.8) is 0 Å². The van der Waals surface area contributed by atoms with E-state index in [1.165, 1.54) is 6.92 Å². The number of benzene rings is 4. The molecule has 44 heavy (non-hydrogen) atoms. The van der Waals surface area contributed by atoms with Crippen molar-refractivity contribution in [2.45, 2.75) is 20.8 Å². The number of phenolic OH excluding ortho intramolecular Hbond substituents is 1. The summed E-state index contributed by atoms with van der Waals surface area (Å²) in [6.07, 6.45) is 0. The van der Waals surface area contributed by atoms with Gasteiger partial charge >= 0.3 is 0 Å². The second kappa shape index (κ2) is 12.1. The first kappa shape index (κ1) is 30.1. The van der Waals surface area contributed by atoms with Crippen LogP contribution in [0.3, 0.4) is 0 Å². The average molecular weight is 588 g/mol. The summed E-state index contributed by atoms with van der Waals surface area (Å²) < 4.78 is 1.65. The number of nitrogens with one attached hydrogen (secondary N) is 1. The molecule has 0 aliphatic carbocycles. The van der Waals surface area contributed by atoms with Crippen LogP contribution in [0.4, 0.5) is 17.1 Å². The molecule has 8 heteroatoms. The van der Waals surface area contributed by atoms with Crippen LogP contribution in [0.2, 0.25) is 0 Å². The average Bonchev–Trinajstić information content (AvgIpc) is 3.39. The molecule has 0 bridgehead atoms. The van der Waals surface area contributed by atoms with Gasteiger partial charge in [-0.15, -0.1) is 0 Å². The Morgan fingerprint density at radius 3 is 1.93 bits per heavy atom. The van der Waals surface area contributed by atoms with Crippen molar-refractivity contribution in [2.75, 3.05) is 43.3 Å². The maximum atomic E-state index is 14.5. The van der Waals surface area contributed by atoms with Gasteiger partial charge in [-0.05, 0) is 79.6 Å². The second-order valence-corrected chi connectivity index (χ2v) is 11.3. The van der Waals surface area contributed by atoms with Crippen LogP contribution in [0, 0.1) is 13.8 Å². The van der Waals surface area contributed by atoms with Crippen molar-refractivity contribution < 1.29 is 14.7 Å². The van der Waals surface area contributed by atoms with Gasteiger partial charge in [-0.3, -0.25) is 14.2 Å². The molecular formula is C36H37N5O3. The van der Waals surface area contributed by atoms with Crippen LogP contribution >= 0.6 is 0 Å². The summed E-state index contributed by atoms with van der Waals surface area (Å²) in [4.78, 5) is 36.0. The number of aromatic nitrogens is 2. The van der Waals surface area contributed by atoms with E-state index in [2.05, 4.69) is 5.32 Å². The number of anilines is 3. The highest BCUT2D eigenvalue weighted by atomic mass is 16.3. The predicted molar refractivity (Wildman–Crippen MR) is 179 cm³/mol. The lowest BCUT2D eigenvalue weighted by atomic mass is 10.0. The number of rotatable bonds is 7. The molecule has 0 spiro atoms. The van der Waals surface area contributed by atoms with Crippen molar-refractivity contribution in [3.8, 4) is 39.7 Å². The molecule has 0 aliphatic heterocycles. The lowest BCUT2D eigenvalue weighted by molar-refractivity contribution is -0.114. The van der Waals surface area contributed by atoms with Gasteiger partial charge in [0.25, 0.3) is 5.91 Å². The minimum absolute atomic E-state index is 0.202. The van der Waals surface area contributed by atoms with E-state index in [4.69, 9.17) is 4.98 Å². The van der Waals surface area contributed by atoms with Gasteiger partial charge in [-0.1, -0.05) is 30.3 Å². The zero-order valence-electron chi connectivity index (χ0n) is 26.1. The minimum Gasteiger partial charge on any atom is -0.507 e. The Balaban J connectivity index is 1.91. The zero-order chi connectivity index (χ0) is 31.7. The Morgan fingerprint density at radius 1 is 0.773 bits per heavy atom. The Bertz CT molecular complexity index is 1830. The Morgan fingerprint density at radius 2 is 1.36 bits per heavy atom. The highest BCUT2D eigenvalue weighted by Gasteiger charge is 2.28. The fourth-order valence-corrected chi connectivity index (χ4v) is 5.29. The zero-order valence-corrected chi connectivity index (χ0v) is 26.1. The van der Waals surface area contributed by atoms with E-state index in [1.54, 1.807) is 16.7 Å². The van der Waals surface area contributed by atoms with Gasteiger partial charge in [0.2, 0.25) is 5.91 Å². The Kier molecular flexibility index (Phi) is 8.27. The number of aryl methyl sites for hydroxylation is 2. The van der Waals surface area contributed by atoms with Crippen LogP contribution in [0.25, 0.3) is 33.9 Å². The first-order valence-corrected chi connectivity index (χ1v) is 14.4. The molecule has 8 nitrogen and oxygen atoms in total. The van der Waals surface area contributed by atoms with Crippen LogP contribution in [0.5, 0.6) is 5.75 Å². The summed E-state index contributed by atoms with van der Waals surface area (Å²) in [5.41, 5.74) is 7.61. The van der Waals surface area contributed by atoms with Gasteiger partial charge in [0.05, 0.1) is 17.1 Å². The lowest BCUT2D eigenvalue weighted by Gasteiger charge is -2.18. The van der Waals surface area contributed by atoms with E-state index in [0.29, 0.717) is 50.7 Å². The number of phenols is 1.